The van der Waals surface area contributed by atoms with Crippen molar-refractivity contribution >= 4 is 0 Å². The summed E-state index contributed by atoms with van der Waals surface area (Å²) in [5.74, 6) is 0. The maximum absolute atomic E-state index is 10.4. The molecule has 88 valence electrons. The van der Waals surface area contributed by atoms with Crippen LogP contribution in [0.4, 0.5) is 0 Å². The first-order valence-corrected chi connectivity index (χ1v) is 6.10. The molecule has 0 aliphatic heterocycles. The van der Waals surface area contributed by atoms with Gasteiger partial charge < -0.3 is 9.84 Å². The molecule has 0 aromatic heterocycles. The van der Waals surface area contributed by atoms with E-state index in [4.69, 9.17) is 4.74 Å². The summed E-state index contributed by atoms with van der Waals surface area (Å²) in [4.78, 5) is 0. The molecule has 0 amide bonds. The van der Waals surface area contributed by atoms with Gasteiger partial charge in [0.1, 0.15) is 0 Å². The molecular formula is C14H20O2. The van der Waals surface area contributed by atoms with E-state index in [1.807, 2.05) is 6.07 Å². The maximum atomic E-state index is 10.4. The molecule has 0 spiro atoms. The number of fused-ring (bicyclic) bond motifs is 1. The Morgan fingerprint density at radius 2 is 2.06 bits per heavy atom. The standard InChI is InChI=1S/C14H20O2/c1-2-9-16-11-14(15)8-7-12-5-3-4-6-13(12)10-14/h3-6,15H,2,7-11H2,1H3. The van der Waals surface area contributed by atoms with Gasteiger partial charge in [0.25, 0.3) is 0 Å². The fraction of sp³-hybridized carbons (Fsp3) is 0.571. The summed E-state index contributed by atoms with van der Waals surface area (Å²) >= 11 is 0. The molecule has 2 heteroatoms. The third kappa shape index (κ3) is 2.63. The van der Waals surface area contributed by atoms with Gasteiger partial charge in [0.2, 0.25) is 0 Å². The van der Waals surface area contributed by atoms with Crippen molar-refractivity contribution < 1.29 is 9.84 Å². The number of rotatable bonds is 4. The Balaban J connectivity index is 2.00. The SMILES string of the molecule is CCCOCC1(O)CCc2ccccc2C1. The van der Waals surface area contributed by atoms with Crippen molar-refractivity contribution in [1.29, 1.82) is 0 Å². The molecule has 1 atom stereocenters. The molecule has 0 heterocycles. The average Bonchev–Trinajstić information content (AvgIpc) is 2.29. The van der Waals surface area contributed by atoms with Gasteiger partial charge in [0, 0.05) is 13.0 Å². The number of benzene rings is 1. The van der Waals surface area contributed by atoms with Crippen molar-refractivity contribution in [2.45, 2.75) is 38.2 Å². The predicted octanol–water partition coefficient (Wildman–Crippen LogP) is 2.33. The lowest BCUT2D eigenvalue weighted by Crippen LogP contribution is -2.40. The molecule has 0 saturated carbocycles. The number of ether oxygens (including phenoxy) is 1. The second-order valence-electron chi connectivity index (χ2n) is 4.72. The first-order valence-electron chi connectivity index (χ1n) is 6.10. The van der Waals surface area contributed by atoms with Crippen LogP contribution >= 0.6 is 0 Å². The van der Waals surface area contributed by atoms with Gasteiger partial charge in [-0.2, -0.15) is 0 Å². The van der Waals surface area contributed by atoms with Gasteiger partial charge in [-0.3, -0.25) is 0 Å². The third-order valence-corrected chi connectivity index (χ3v) is 3.22. The van der Waals surface area contributed by atoms with E-state index >= 15 is 0 Å². The molecule has 0 bridgehead atoms. The molecule has 1 unspecified atom stereocenters. The van der Waals surface area contributed by atoms with Crippen LogP contribution in [0.5, 0.6) is 0 Å². The van der Waals surface area contributed by atoms with Crippen molar-refractivity contribution in [3.63, 3.8) is 0 Å². The molecule has 1 aromatic carbocycles. The van der Waals surface area contributed by atoms with E-state index < -0.39 is 5.60 Å². The lowest BCUT2D eigenvalue weighted by atomic mass is 9.81. The molecule has 16 heavy (non-hydrogen) atoms. The molecule has 1 N–H and O–H groups in total. The molecule has 0 radical (unpaired) electrons. The molecule has 1 aliphatic carbocycles. The Labute approximate surface area is 97.3 Å². The second kappa shape index (κ2) is 4.98. The van der Waals surface area contributed by atoms with Gasteiger partial charge in [-0.1, -0.05) is 31.2 Å². The van der Waals surface area contributed by atoms with Crippen LogP contribution < -0.4 is 0 Å². The van der Waals surface area contributed by atoms with E-state index in [0.29, 0.717) is 6.61 Å². The van der Waals surface area contributed by atoms with Crippen LogP contribution in [0.15, 0.2) is 24.3 Å². The number of aliphatic hydroxyl groups is 1. The van der Waals surface area contributed by atoms with Crippen molar-refractivity contribution in [2.24, 2.45) is 0 Å². The van der Waals surface area contributed by atoms with E-state index in [2.05, 4.69) is 25.1 Å². The summed E-state index contributed by atoms with van der Waals surface area (Å²) in [6.07, 6.45) is 3.51. The molecule has 1 aliphatic rings. The van der Waals surface area contributed by atoms with E-state index in [0.717, 1.165) is 32.3 Å². The Hall–Kier alpha value is -0.860. The molecule has 2 nitrogen and oxygen atoms in total. The van der Waals surface area contributed by atoms with E-state index in [1.165, 1.54) is 11.1 Å². The van der Waals surface area contributed by atoms with Gasteiger partial charge >= 0.3 is 0 Å². The van der Waals surface area contributed by atoms with Gasteiger partial charge in [-0.25, -0.2) is 0 Å². The summed E-state index contributed by atoms with van der Waals surface area (Å²) in [7, 11) is 0. The highest BCUT2D eigenvalue weighted by Gasteiger charge is 2.31. The fourth-order valence-corrected chi connectivity index (χ4v) is 2.31. The predicted molar refractivity (Wildman–Crippen MR) is 64.5 cm³/mol. The first kappa shape index (κ1) is 11.6. The van der Waals surface area contributed by atoms with Crippen molar-refractivity contribution in [3.05, 3.63) is 35.4 Å². The smallest absolute Gasteiger partial charge is 0.0923 e. The Morgan fingerprint density at radius 1 is 1.31 bits per heavy atom. The quantitative estimate of drug-likeness (QED) is 0.789. The first-order chi connectivity index (χ1) is 7.73. The minimum absolute atomic E-state index is 0.467. The van der Waals surface area contributed by atoms with Crippen LogP contribution in [0.1, 0.15) is 30.9 Å². The number of hydrogen-bond donors (Lipinski definition) is 1. The van der Waals surface area contributed by atoms with E-state index in [9.17, 15) is 5.11 Å². The Morgan fingerprint density at radius 3 is 2.81 bits per heavy atom. The Kier molecular flexibility index (Phi) is 3.62. The highest BCUT2D eigenvalue weighted by Crippen LogP contribution is 2.28. The minimum atomic E-state index is -0.649. The zero-order valence-corrected chi connectivity index (χ0v) is 9.91. The molecular weight excluding hydrogens is 200 g/mol. The zero-order valence-electron chi connectivity index (χ0n) is 9.91. The van der Waals surface area contributed by atoms with Crippen LogP contribution in [0, 0.1) is 0 Å². The highest BCUT2D eigenvalue weighted by atomic mass is 16.5. The van der Waals surface area contributed by atoms with E-state index in [-0.39, 0.29) is 0 Å². The summed E-state index contributed by atoms with van der Waals surface area (Å²) in [6, 6.07) is 8.37. The van der Waals surface area contributed by atoms with Crippen molar-refractivity contribution in [3.8, 4) is 0 Å². The Bertz CT molecular complexity index is 348. The molecule has 0 saturated heterocycles. The normalized spacial score (nSPS) is 24.1. The summed E-state index contributed by atoms with van der Waals surface area (Å²) in [5, 5.41) is 10.4. The zero-order chi connectivity index (χ0) is 11.4. The van der Waals surface area contributed by atoms with Crippen LogP contribution in [-0.2, 0) is 17.6 Å². The molecule has 0 fully saturated rings. The van der Waals surface area contributed by atoms with Gasteiger partial charge in [0.05, 0.1) is 12.2 Å². The van der Waals surface area contributed by atoms with E-state index in [1.54, 1.807) is 0 Å². The lowest BCUT2D eigenvalue weighted by molar-refractivity contribution is -0.0543. The summed E-state index contributed by atoms with van der Waals surface area (Å²) in [5.41, 5.74) is 2.00. The average molecular weight is 220 g/mol. The largest absolute Gasteiger partial charge is 0.387 e. The topological polar surface area (TPSA) is 29.5 Å². The van der Waals surface area contributed by atoms with Crippen molar-refractivity contribution in [1.82, 2.24) is 0 Å². The maximum Gasteiger partial charge on any atom is 0.0923 e. The highest BCUT2D eigenvalue weighted by molar-refractivity contribution is 5.31. The molecule has 2 rings (SSSR count). The van der Waals surface area contributed by atoms with Crippen molar-refractivity contribution in [2.75, 3.05) is 13.2 Å². The monoisotopic (exact) mass is 220 g/mol. The fourth-order valence-electron chi connectivity index (χ4n) is 2.31. The van der Waals surface area contributed by atoms with Gasteiger partial charge in [0.15, 0.2) is 0 Å². The van der Waals surface area contributed by atoms with Crippen LogP contribution in [-0.4, -0.2) is 23.9 Å². The van der Waals surface area contributed by atoms with Crippen LogP contribution in [0.25, 0.3) is 0 Å². The number of aryl methyl sites for hydroxylation is 1. The van der Waals surface area contributed by atoms with Gasteiger partial charge in [-0.15, -0.1) is 0 Å². The molecule has 1 aromatic rings. The lowest BCUT2D eigenvalue weighted by Gasteiger charge is -2.33. The van der Waals surface area contributed by atoms with Crippen LogP contribution in [0.2, 0.25) is 0 Å². The summed E-state index contributed by atoms with van der Waals surface area (Å²) < 4.78 is 5.49. The number of hydrogen-bond acceptors (Lipinski definition) is 2. The van der Waals surface area contributed by atoms with Gasteiger partial charge in [-0.05, 0) is 30.4 Å². The van der Waals surface area contributed by atoms with Crippen LogP contribution in [0.3, 0.4) is 0 Å². The third-order valence-electron chi connectivity index (χ3n) is 3.22. The second-order valence-corrected chi connectivity index (χ2v) is 4.72. The summed E-state index contributed by atoms with van der Waals surface area (Å²) in [6.45, 7) is 3.29. The minimum Gasteiger partial charge on any atom is -0.387 e.